The van der Waals surface area contributed by atoms with Crippen LogP contribution in [0.25, 0.3) is 0 Å². The van der Waals surface area contributed by atoms with Gasteiger partial charge in [0.1, 0.15) is 0 Å². The quantitative estimate of drug-likeness (QED) is 0.636. The van der Waals surface area contributed by atoms with Crippen molar-refractivity contribution in [3.8, 4) is 0 Å². The summed E-state index contributed by atoms with van der Waals surface area (Å²) in [5.41, 5.74) is -0.219. The highest BCUT2D eigenvalue weighted by atomic mass is 16.2. The molecule has 0 saturated heterocycles. The molecule has 0 radical (unpaired) electrons. The largest absolute Gasteiger partial charge is 0.396 e. The van der Waals surface area contributed by atoms with Gasteiger partial charge in [-0.2, -0.15) is 0 Å². The minimum Gasteiger partial charge on any atom is -0.396 e. The zero-order valence-electron chi connectivity index (χ0n) is 8.16. The summed E-state index contributed by atoms with van der Waals surface area (Å²) in [5.74, 6) is 0.331. The summed E-state index contributed by atoms with van der Waals surface area (Å²) >= 11 is 0. The Kier molecular flexibility index (Phi) is 4.12. The fraction of sp³-hybridized carbons (Fsp3) is 0.556. The number of hydrogen-bond donors (Lipinski definition) is 3. The molecule has 78 valence electrons. The SMILES string of the molecule is CC(CCCO)Nc1ncc[nH]c1=O. The third-order valence-electron chi connectivity index (χ3n) is 1.89. The summed E-state index contributed by atoms with van der Waals surface area (Å²) in [6.07, 6.45) is 4.56. The van der Waals surface area contributed by atoms with E-state index in [2.05, 4.69) is 15.3 Å². The maximum Gasteiger partial charge on any atom is 0.290 e. The van der Waals surface area contributed by atoms with Gasteiger partial charge in [-0.1, -0.05) is 0 Å². The Morgan fingerprint density at radius 1 is 1.71 bits per heavy atom. The Hall–Kier alpha value is -1.36. The third kappa shape index (κ3) is 3.18. The van der Waals surface area contributed by atoms with Crippen molar-refractivity contribution in [3.63, 3.8) is 0 Å². The highest BCUT2D eigenvalue weighted by molar-refractivity contribution is 5.31. The molecule has 1 atom stereocenters. The topological polar surface area (TPSA) is 78.0 Å². The minimum absolute atomic E-state index is 0.137. The van der Waals surface area contributed by atoms with Gasteiger partial charge in [-0.15, -0.1) is 0 Å². The number of hydrogen-bond acceptors (Lipinski definition) is 4. The van der Waals surface area contributed by atoms with E-state index in [0.29, 0.717) is 5.82 Å². The van der Waals surface area contributed by atoms with E-state index in [0.717, 1.165) is 12.8 Å². The molecule has 0 aliphatic heterocycles. The van der Waals surface area contributed by atoms with Crippen LogP contribution >= 0.6 is 0 Å². The molecule has 0 aromatic carbocycles. The molecule has 0 aliphatic rings. The summed E-state index contributed by atoms with van der Waals surface area (Å²) in [5, 5.41) is 11.6. The summed E-state index contributed by atoms with van der Waals surface area (Å²) in [6, 6.07) is 0.137. The van der Waals surface area contributed by atoms with Crippen LogP contribution in [0.3, 0.4) is 0 Å². The molecule has 0 spiro atoms. The first-order chi connectivity index (χ1) is 6.74. The van der Waals surface area contributed by atoms with Gasteiger partial charge in [-0.25, -0.2) is 4.98 Å². The second kappa shape index (κ2) is 5.39. The Balaban J connectivity index is 2.52. The van der Waals surface area contributed by atoms with Gasteiger partial charge in [0.25, 0.3) is 5.56 Å². The van der Waals surface area contributed by atoms with E-state index in [-0.39, 0.29) is 18.2 Å². The van der Waals surface area contributed by atoms with Gasteiger partial charge >= 0.3 is 0 Å². The van der Waals surface area contributed by atoms with E-state index in [1.807, 2.05) is 6.92 Å². The van der Waals surface area contributed by atoms with E-state index in [9.17, 15) is 4.79 Å². The highest BCUT2D eigenvalue weighted by Crippen LogP contribution is 2.01. The van der Waals surface area contributed by atoms with E-state index in [4.69, 9.17) is 5.11 Å². The van der Waals surface area contributed by atoms with Crippen LogP contribution in [0.1, 0.15) is 19.8 Å². The number of aliphatic hydroxyl groups excluding tert-OH is 1. The maximum atomic E-state index is 11.2. The van der Waals surface area contributed by atoms with Gasteiger partial charge < -0.3 is 15.4 Å². The fourth-order valence-corrected chi connectivity index (χ4v) is 1.16. The van der Waals surface area contributed by atoms with E-state index >= 15 is 0 Å². The van der Waals surface area contributed by atoms with Gasteiger partial charge in [0.2, 0.25) is 0 Å². The predicted octanol–water partition coefficient (Wildman–Crippen LogP) is 0.343. The smallest absolute Gasteiger partial charge is 0.290 e. The number of aromatic amines is 1. The molecule has 1 rings (SSSR count). The van der Waals surface area contributed by atoms with Crippen LogP contribution in [0.5, 0.6) is 0 Å². The Labute approximate surface area is 82.2 Å². The molecular formula is C9H15N3O2. The Bertz CT molecular complexity index is 324. The maximum absolute atomic E-state index is 11.2. The van der Waals surface area contributed by atoms with Crippen LogP contribution in [-0.2, 0) is 0 Å². The minimum atomic E-state index is -0.219. The second-order valence-electron chi connectivity index (χ2n) is 3.18. The zero-order valence-corrected chi connectivity index (χ0v) is 8.16. The first-order valence-electron chi connectivity index (χ1n) is 4.65. The van der Waals surface area contributed by atoms with Gasteiger partial charge in [-0.3, -0.25) is 4.79 Å². The molecule has 1 heterocycles. The summed E-state index contributed by atoms with van der Waals surface area (Å²) in [7, 11) is 0. The van der Waals surface area contributed by atoms with Crippen molar-refractivity contribution < 1.29 is 5.11 Å². The molecule has 5 heteroatoms. The van der Waals surface area contributed by atoms with Crippen LogP contribution < -0.4 is 10.9 Å². The normalized spacial score (nSPS) is 12.4. The number of aliphatic hydroxyl groups is 1. The lowest BCUT2D eigenvalue weighted by Gasteiger charge is -2.12. The molecule has 3 N–H and O–H groups in total. The van der Waals surface area contributed by atoms with Crippen molar-refractivity contribution >= 4 is 5.82 Å². The second-order valence-corrected chi connectivity index (χ2v) is 3.18. The number of nitrogens with one attached hydrogen (secondary N) is 2. The summed E-state index contributed by atoms with van der Waals surface area (Å²) < 4.78 is 0. The van der Waals surface area contributed by atoms with Crippen molar-refractivity contribution in [2.45, 2.75) is 25.8 Å². The Morgan fingerprint density at radius 2 is 2.50 bits per heavy atom. The summed E-state index contributed by atoms with van der Waals surface area (Å²) in [4.78, 5) is 17.6. The van der Waals surface area contributed by atoms with Crippen molar-refractivity contribution in [2.24, 2.45) is 0 Å². The van der Waals surface area contributed by atoms with Crippen molar-refractivity contribution in [2.75, 3.05) is 11.9 Å². The van der Waals surface area contributed by atoms with Crippen molar-refractivity contribution in [1.82, 2.24) is 9.97 Å². The number of H-pyrrole nitrogens is 1. The van der Waals surface area contributed by atoms with Gasteiger partial charge in [0.15, 0.2) is 5.82 Å². The van der Waals surface area contributed by atoms with Crippen molar-refractivity contribution in [3.05, 3.63) is 22.7 Å². The number of anilines is 1. The molecule has 0 fully saturated rings. The molecule has 1 aromatic heterocycles. The lowest BCUT2D eigenvalue weighted by molar-refractivity contribution is 0.282. The van der Waals surface area contributed by atoms with Gasteiger partial charge in [0.05, 0.1) is 0 Å². The van der Waals surface area contributed by atoms with Crippen LogP contribution in [0.2, 0.25) is 0 Å². The lowest BCUT2D eigenvalue weighted by atomic mass is 10.2. The predicted molar refractivity (Wildman–Crippen MR) is 54.3 cm³/mol. The summed E-state index contributed by atoms with van der Waals surface area (Å²) in [6.45, 7) is 2.12. The van der Waals surface area contributed by atoms with Crippen molar-refractivity contribution in [1.29, 1.82) is 0 Å². The molecule has 0 saturated carbocycles. The van der Waals surface area contributed by atoms with E-state index < -0.39 is 0 Å². The van der Waals surface area contributed by atoms with Gasteiger partial charge in [0, 0.05) is 25.0 Å². The first-order valence-corrected chi connectivity index (χ1v) is 4.65. The molecule has 0 amide bonds. The highest BCUT2D eigenvalue weighted by Gasteiger charge is 2.04. The number of nitrogens with zero attached hydrogens (tertiary/aromatic N) is 1. The lowest BCUT2D eigenvalue weighted by Crippen LogP contribution is -2.22. The van der Waals surface area contributed by atoms with E-state index in [1.165, 1.54) is 12.4 Å². The molecule has 0 bridgehead atoms. The molecular weight excluding hydrogens is 182 g/mol. The molecule has 5 nitrogen and oxygen atoms in total. The van der Waals surface area contributed by atoms with Crippen LogP contribution in [0.4, 0.5) is 5.82 Å². The number of rotatable bonds is 5. The molecule has 1 aromatic rings. The Morgan fingerprint density at radius 3 is 3.14 bits per heavy atom. The van der Waals surface area contributed by atoms with Crippen LogP contribution in [0.15, 0.2) is 17.2 Å². The number of aromatic nitrogens is 2. The average Bonchev–Trinajstić information content (AvgIpc) is 2.18. The monoisotopic (exact) mass is 197 g/mol. The third-order valence-corrected chi connectivity index (χ3v) is 1.89. The fourth-order valence-electron chi connectivity index (χ4n) is 1.16. The zero-order chi connectivity index (χ0) is 10.4. The molecule has 1 unspecified atom stereocenters. The first kappa shape index (κ1) is 10.7. The molecule has 14 heavy (non-hydrogen) atoms. The van der Waals surface area contributed by atoms with Crippen LogP contribution in [0, 0.1) is 0 Å². The standard InChI is InChI=1S/C9H15N3O2/c1-7(3-2-6-13)12-8-9(14)11-5-4-10-8/h4-5,7,13H,2-3,6H2,1H3,(H,10,12)(H,11,14). The van der Waals surface area contributed by atoms with Crippen LogP contribution in [-0.4, -0.2) is 27.7 Å². The average molecular weight is 197 g/mol. The molecule has 0 aliphatic carbocycles. The van der Waals surface area contributed by atoms with Gasteiger partial charge in [-0.05, 0) is 19.8 Å². The van der Waals surface area contributed by atoms with E-state index in [1.54, 1.807) is 0 Å².